The van der Waals surface area contributed by atoms with Crippen LogP contribution in [0.25, 0.3) is 6.08 Å². The molecule has 0 aliphatic heterocycles. The van der Waals surface area contributed by atoms with Gasteiger partial charge in [-0.15, -0.1) is 0 Å². The normalized spacial score (nSPS) is 26.7. The third-order valence-corrected chi connectivity index (χ3v) is 6.07. The van der Waals surface area contributed by atoms with E-state index in [-0.39, 0.29) is 24.1 Å². The zero-order valence-corrected chi connectivity index (χ0v) is 16.6. The Morgan fingerprint density at radius 3 is 2.48 bits per heavy atom. The molecule has 2 saturated carbocycles. The van der Waals surface area contributed by atoms with E-state index in [0.717, 1.165) is 11.1 Å². The zero-order chi connectivity index (χ0) is 20.5. The third-order valence-electron chi connectivity index (χ3n) is 6.07. The second-order valence-corrected chi connectivity index (χ2v) is 7.86. The number of hydrogen-bond acceptors (Lipinski definition) is 4. The van der Waals surface area contributed by atoms with E-state index in [9.17, 15) is 14.4 Å². The number of carbonyl (C=O) groups excluding carboxylic acids is 3. The molecule has 4 rings (SSSR count). The molecular formula is C25H24O4. The van der Waals surface area contributed by atoms with E-state index < -0.39 is 23.7 Å². The molecule has 148 valence electrons. The summed E-state index contributed by atoms with van der Waals surface area (Å²) in [6.45, 7) is 3.98. The monoisotopic (exact) mass is 388 g/mol. The molecule has 2 aliphatic carbocycles. The van der Waals surface area contributed by atoms with Crippen LogP contribution >= 0.6 is 0 Å². The number of ketones is 2. The molecule has 4 atom stereocenters. The molecule has 4 nitrogen and oxygen atoms in total. The van der Waals surface area contributed by atoms with E-state index in [2.05, 4.69) is 0 Å². The van der Waals surface area contributed by atoms with Crippen molar-refractivity contribution in [1.29, 1.82) is 0 Å². The van der Waals surface area contributed by atoms with Gasteiger partial charge in [0, 0.05) is 17.4 Å². The smallest absolute Gasteiger partial charge is 0.310 e. The first-order chi connectivity index (χ1) is 14.0. The molecule has 2 aromatic carbocycles. The Kier molecular flexibility index (Phi) is 5.18. The number of carbonyl (C=O) groups is 3. The van der Waals surface area contributed by atoms with E-state index in [1.807, 2.05) is 55.5 Å². The number of Topliss-reactive ketones (excluding diaryl/α,β-unsaturated/α-hetero) is 2. The van der Waals surface area contributed by atoms with Gasteiger partial charge in [-0.25, -0.2) is 0 Å². The number of esters is 1. The maximum absolute atomic E-state index is 13.4. The summed E-state index contributed by atoms with van der Waals surface area (Å²) < 4.78 is 5.25. The summed E-state index contributed by atoms with van der Waals surface area (Å²) in [5, 5.41) is 0. The Bertz CT molecular complexity index is 989. The van der Waals surface area contributed by atoms with Gasteiger partial charge in [-0.2, -0.15) is 0 Å². The van der Waals surface area contributed by atoms with Gasteiger partial charge in [-0.1, -0.05) is 60.2 Å². The van der Waals surface area contributed by atoms with Crippen molar-refractivity contribution in [2.75, 3.05) is 6.61 Å². The Hall–Kier alpha value is -3.01. The van der Waals surface area contributed by atoms with Gasteiger partial charge in [-0.3, -0.25) is 14.4 Å². The summed E-state index contributed by atoms with van der Waals surface area (Å²) in [5.41, 5.74) is 3.29. The molecule has 0 N–H and O–H groups in total. The average molecular weight is 388 g/mol. The maximum Gasteiger partial charge on any atom is 0.310 e. The molecule has 0 unspecified atom stereocenters. The lowest BCUT2D eigenvalue weighted by atomic mass is 9.72. The minimum atomic E-state index is -0.699. The lowest BCUT2D eigenvalue weighted by Crippen LogP contribution is -2.40. The van der Waals surface area contributed by atoms with Crippen LogP contribution in [0.1, 0.15) is 34.8 Å². The summed E-state index contributed by atoms with van der Waals surface area (Å²) in [6.07, 6.45) is 2.43. The van der Waals surface area contributed by atoms with Crippen molar-refractivity contribution in [3.63, 3.8) is 0 Å². The molecule has 2 bridgehead atoms. The number of aryl methyl sites for hydroxylation is 1. The number of benzene rings is 2. The highest BCUT2D eigenvalue weighted by atomic mass is 16.5. The summed E-state index contributed by atoms with van der Waals surface area (Å²) in [4.78, 5) is 39.2. The van der Waals surface area contributed by atoms with Gasteiger partial charge in [0.15, 0.2) is 11.6 Å². The maximum atomic E-state index is 13.4. The molecule has 0 heterocycles. The molecule has 2 fully saturated rings. The van der Waals surface area contributed by atoms with Crippen LogP contribution in [0.5, 0.6) is 0 Å². The van der Waals surface area contributed by atoms with Gasteiger partial charge in [0.25, 0.3) is 0 Å². The van der Waals surface area contributed by atoms with E-state index in [1.54, 1.807) is 19.1 Å². The minimum absolute atomic E-state index is 0.0216. The van der Waals surface area contributed by atoms with Crippen molar-refractivity contribution in [3.8, 4) is 0 Å². The van der Waals surface area contributed by atoms with Crippen molar-refractivity contribution in [3.05, 3.63) is 76.9 Å². The van der Waals surface area contributed by atoms with E-state index >= 15 is 0 Å². The number of fused-ring (bicyclic) bond motifs is 2. The molecule has 0 aromatic heterocycles. The summed E-state index contributed by atoms with van der Waals surface area (Å²) in [7, 11) is 0. The van der Waals surface area contributed by atoms with Crippen LogP contribution in [-0.4, -0.2) is 24.1 Å². The molecule has 2 aromatic rings. The summed E-state index contributed by atoms with van der Waals surface area (Å²) in [5.74, 6) is -2.53. The standard InChI is InChI=1S/C25H24O4/c1-3-29-25(28)22-20-14-18(21(22)23(26)17-10-5-4-6-11-17)19(24(20)27)13-16-9-7-8-15(2)12-16/h4-13,18,20-22H,3,14H2,1-2H3/b19-13+/t18-,20-,21+,22+/m0/s1. The fourth-order valence-electron chi connectivity index (χ4n) is 4.86. The number of hydrogen-bond donors (Lipinski definition) is 0. The summed E-state index contributed by atoms with van der Waals surface area (Å²) >= 11 is 0. The van der Waals surface area contributed by atoms with Crippen molar-refractivity contribution in [1.82, 2.24) is 0 Å². The fourth-order valence-corrected chi connectivity index (χ4v) is 4.86. The molecule has 29 heavy (non-hydrogen) atoms. The zero-order valence-electron chi connectivity index (χ0n) is 16.6. The minimum Gasteiger partial charge on any atom is -0.466 e. The van der Waals surface area contributed by atoms with E-state index in [4.69, 9.17) is 4.74 Å². The molecule has 4 heteroatoms. The van der Waals surface area contributed by atoms with Crippen LogP contribution in [0.4, 0.5) is 0 Å². The largest absolute Gasteiger partial charge is 0.466 e. The molecular weight excluding hydrogens is 364 g/mol. The molecule has 2 aliphatic rings. The second kappa shape index (κ2) is 7.78. The average Bonchev–Trinajstić information content (AvgIpc) is 3.25. The van der Waals surface area contributed by atoms with Crippen molar-refractivity contribution in [2.24, 2.45) is 23.7 Å². The van der Waals surface area contributed by atoms with Crippen molar-refractivity contribution < 1.29 is 19.1 Å². The van der Waals surface area contributed by atoms with Crippen LogP contribution in [0.2, 0.25) is 0 Å². The van der Waals surface area contributed by atoms with Gasteiger partial charge in [0.2, 0.25) is 0 Å². The van der Waals surface area contributed by atoms with Crippen LogP contribution < -0.4 is 0 Å². The first-order valence-corrected chi connectivity index (χ1v) is 10.1. The van der Waals surface area contributed by atoms with E-state index in [1.165, 1.54) is 0 Å². The fraction of sp³-hybridized carbons (Fsp3) is 0.320. The van der Waals surface area contributed by atoms with E-state index in [0.29, 0.717) is 17.6 Å². The van der Waals surface area contributed by atoms with Gasteiger partial charge >= 0.3 is 5.97 Å². The molecule has 0 saturated heterocycles. The lowest BCUT2D eigenvalue weighted by Gasteiger charge is -2.29. The highest BCUT2D eigenvalue weighted by molar-refractivity contribution is 6.11. The Balaban J connectivity index is 1.74. The van der Waals surface area contributed by atoms with Gasteiger partial charge in [0.1, 0.15) is 0 Å². The third kappa shape index (κ3) is 3.44. The summed E-state index contributed by atoms with van der Waals surface area (Å²) in [6, 6.07) is 16.9. The van der Waals surface area contributed by atoms with Crippen LogP contribution in [0.15, 0.2) is 60.2 Å². The van der Waals surface area contributed by atoms with Gasteiger partial charge in [0.05, 0.1) is 12.5 Å². The van der Waals surface area contributed by atoms with Crippen LogP contribution in [-0.2, 0) is 14.3 Å². The Morgan fingerprint density at radius 2 is 1.79 bits per heavy atom. The van der Waals surface area contributed by atoms with Gasteiger partial charge < -0.3 is 4.74 Å². The van der Waals surface area contributed by atoms with Crippen LogP contribution in [0.3, 0.4) is 0 Å². The number of allylic oxidation sites excluding steroid dienone is 1. The molecule has 0 spiro atoms. The topological polar surface area (TPSA) is 60.4 Å². The van der Waals surface area contributed by atoms with Gasteiger partial charge in [-0.05, 0) is 43.4 Å². The predicted octanol–water partition coefficient (Wildman–Crippen LogP) is 4.28. The Morgan fingerprint density at radius 1 is 1.03 bits per heavy atom. The number of rotatable bonds is 5. The highest BCUT2D eigenvalue weighted by Gasteiger charge is 2.60. The van der Waals surface area contributed by atoms with Crippen LogP contribution in [0, 0.1) is 30.6 Å². The first-order valence-electron chi connectivity index (χ1n) is 10.1. The van der Waals surface area contributed by atoms with Crippen molar-refractivity contribution in [2.45, 2.75) is 20.3 Å². The molecule has 0 amide bonds. The second-order valence-electron chi connectivity index (χ2n) is 7.86. The molecule has 0 radical (unpaired) electrons. The SMILES string of the molecule is CCOC(=O)[C@H]1[C@H](C(=O)c2ccccc2)[C@H]2C[C@@H]1C(=O)/C2=C/c1cccc(C)c1. The Labute approximate surface area is 170 Å². The first kappa shape index (κ1) is 19.3. The highest BCUT2D eigenvalue weighted by Crippen LogP contribution is 2.54. The number of ether oxygens (including phenoxy) is 1. The quantitative estimate of drug-likeness (QED) is 0.436. The lowest BCUT2D eigenvalue weighted by molar-refractivity contribution is -0.152. The predicted molar refractivity (Wildman–Crippen MR) is 110 cm³/mol. The van der Waals surface area contributed by atoms with Crippen molar-refractivity contribution >= 4 is 23.6 Å².